The molecule has 0 amide bonds. The Morgan fingerprint density at radius 2 is 0.432 bits per heavy atom. The molecule has 0 aliphatic carbocycles. The highest BCUT2D eigenvalue weighted by Crippen LogP contribution is 2.58. The molecule has 0 radical (unpaired) electrons. The molecule has 0 heterocycles. The maximum absolute atomic E-state index is 13.2. The Labute approximate surface area is 457 Å². The van der Waals surface area contributed by atoms with E-state index in [1.807, 2.05) is 0 Å². The number of carbonyl (C=O) groups excluding carboxylic acids is 12. The molecule has 0 fully saturated rings. The van der Waals surface area contributed by atoms with E-state index in [-0.39, 0.29) is 28.7 Å². The van der Waals surface area contributed by atoms with Gasteiger partial charge >= 0.3 is 71.6 Å². The van der Waals surface area contributed by atoms with Crippen LogP contribution in [-0.2, 0) is 57.5 Å². The molecule has 0 saturated carbocycles. The van der Waals surface area contributed by atoms with Crippen molar-refractivity contribution in [2.45, 2.75) is 83.1 Å². The molecule has 5 rings (SSSR count). The number of hydrogen-bond donors (Lipinski definition) is 0. The molecule has 424 valence electrons. The Balaban J connectivity index is 1.92. The van der Waals surface area contributed by atoms with Gasteiger partial charge in [-0.05, 0) is 0 Å². The van der Waals surface area contributed by atoms with Crippen molar-refractivity contribution < 1.29 is 129 Å². The van der Waals surface area contributed by atoms with Gasteiger partial charge in [0.1, 0.15) is 51.7 Å². The first-order chi connectivity index (χ1) is 37.9. The van der Waals surface area contributed by atoms with Crippen LogP contribution in [0.5, 0.6) is 103 Å². The van der Waals surface area contributed by atoms with Crippen LogP contribution in [0.25, 0.3) is 11.1 Å². The van der Waals surface area contributed by atoms with Crippen LogP contribution in [0.15, 0.2) is 60.7 Å². The van der Waals surface area contributed by atoms with E-state index >= 15 is 0 Å². The highest BCUT2D eigenvalue weighted by molar-refractivity contribution is 5.95. The summed E-state index contributed by atoms with van der Waals surface area (Å²) in [6, 6.07) is 10.1. The minimum absolute atomic E-state index is 0.220. The molecule has 0 spiro atoms. The van der Waals surface area contributed by atoms with Crippen molar-refractivity contribution in [3.05, 3.63) is 60.7 Å². The predicted molar refractivity (Wildman–Crippen MR) is 267 cm³/mol. The fourth-order valence-electron chi connectivity index (χ4n) is 6.90. The van der Waals surface area contributed by atoms with Crippen LogP contribution in [-0.4, -0.2) is 71.6 Å². The monoisotopic (exact) mass is 1130 g/mol. The first-order valence-electron chi connectivity index (χ1n) is 23.1. The lowest BCUT2D eigenvalue weighted by Gasteiger charge is -2.23. The molecule has 0 unspecified atom stereocenters. The number of rotatable bonds is 19. The second-order valence-corrected chi connectivity index (χ2v) is 16.3. The van der Waals surface area contributed by atoms with Crippen LogP contribution in [0.3, 0.4) is 0 Å². The van der Waals surface area contributed by atoms with Crippen LogP contribution >= 0.6 is 0 Å². The summed E-state index contributed by atoms with van der Waals surface area (Å²) in [4.78, 5) is 151. The summed E-state index contributed by atoms with van der Waals surface area (Å²) in [6.45, 7) is 11.7. The van der Waals surface area contributed by atoms with Crippen molar-refractivity contribution in [3.8, 4) is 115 Å². The largest absolute Gasteiger partial charge is 0.449 e. The van der Waals surface area contributed by atoms with E-state index in [2.05, 4.69) is 0 Å². The van der Waals surface area contributed by atoms with Crippen LogP contribution in [0.4, 0.5) is 0 Å². The lowest BCUT2D eigenvalue weighted by atomic mass is 9.99. The standard InChI is InChI=1S/C54H46O27/c1-23(55)67-35-13-36(68-24(2)56)15-37(14-35)79-51-44(74-30(8)62)18-39(70-26(4)58)19-47(51)81-52-45(75-31(9)63)20-40(21-46(52)76-32(10)64)80-53-48(77-33(11)65)22-43(73-29(7)61)50(54(53)78-34(12)66)49-41(71-27(5)59)16-38(69-25(3)57)17-42(49)72-28(6)60/h13-22H,1-12H3. The van der Waals surface area contributed by atoms with Gasteiger partial charge in [-0.2, -0.15) is 0 Å². The molecule has 0 atom stereocenters. The molecule has 81 heavy (non-hydrogen) atoms. The first-order valence-corrected chi connectivity index (χ1v) is 23.1. The van der Waals surface area contributed by atoms with Crippen LogP contribution in [0.1, 0.15) is 83.1 Å². The average molecular weight is 1130 g/mol. The number of benzene rings is 5. The van der Waals surface area contributed by atoms with Gasteiger partial charge in [0.15, 0.2) is 34.5 Å². The molecule has 5 aromatic carbocycles. The molecule has 5 aromatic rings. The molecule has 0 aliphatic rings. The van der Waals surface area contributed by atoms with Gasteiger partial charge in [0, 0.05) is 144 Å². The van der Waals surface area contributed by atoms with E-state index in [0.717, 1.165) is 144 Å². The van der Waals surface area contributed by atoms with Gasteiger partial charge in [0.2, 0.25) is 17.2 Å². The van der Waals surface area contributed by atoms with Gasteiger partial charge in [-0.15, -0.1) is 0 Å². The molecule has 0 aromatic heterocycles. The zero-order valence-electron chi connectivity index (χ0n) is 44.8. The zero-order chi connectivity index (χ0) is 60.2. The van der Waals surface area contributed by atoms with Gasteiger partial charge in [0.05, 0.1) is 11.1 Å². The highest BCUT2D eigenvalue weighted by atomic mass is 16.6. The number of hydrogen-bond acceptors (Lipinski definition) is 27. The summed E-state index contributed by atoms with van der Waals surface area (Å²) in [5, 5.41) is 0. The van der Waals surface area contributed by atoms with E-state index in [4.69, 9.17) is 71.1 Å². The predicted octanol–water partition coefficient (Wildman–Crippen LogP) is 7.83. The van der Waals surface area contributed by atoms with E-state index in [9.17, 15) is 57.5 Å². The second-order valence-electron chi connectivity index (χ2n) is 16.3. The third kappa shape index (κ3) is 17.6. The SMILES string of the molecule is CC(=O)Oc1cc(OC(C)=O)cc(Oc2c(OC(C)=O)cc(OC(C)=O)cc2Oc2c(OC(C)=O)cc(Oc3c(OC(C)=O)cc(OC(C)=O)c(-c4c(OC(C)=O)cc(OC(C)=O)cc4OC(C)=O)c3OC(C)=O)cc2OC(C)=O)c1. The molecule has 27 nitrogen and oxygen atoms in total. The van der Waals surface area contributed by atoms with E-state index in [0.29, 0.717) is 0 Å². The maximum Gasteiger partial charge on any atom is 0.308 e. The first kappa shape index (κ1) is 61.0. The van der Waals surface area contributed by atoms with Crippen LogP contribution < -0.4 is 71.1 Å². The van der Waals surface area contributed by atoms with Crippen LogP contribution in [0, 0.1) is 0 Å². The summed E-state index contributed by atoms with van der Waals surface area (Å²) in [6.07, 6.45) is 0. The Kier molecular flexibility index (Phi) is 19.9. The Morgan fingerprint density at radius 3 is 0.790 bits per heavy atom. The van der Waals surface area contributed by atoms with Crippen molar-refractivity contribution in [1.29, 1.82) is 0 Å². The van der Waals surface area contributed by atoms with E-state index in [1.54, 1.807) is 0 Å². The third-order valence-electron chi connectivity index (χ3n) is 9.02. The summed E-state index contributed by atoms with van der Waals surface area (Å²) >= 11 is 0. The van der Waals surface area contributed by atoms with E-state index in [1.165, 1.54) is 0 Å². The second kappa shape index (κ2) is 26.5. The van der Waals surface area contributed by atoms with Gasteiger partial charge in [0.25, 0.3) is 0 Å². The summed E-state index contributed by atoms with van der Waals surface area (Å²) in [5.74, 6) is -22.0. The highest BCUT2D eigenvalue weighted by Gasteiger charge is 2.34. The Morgan fingerprint density at radius 1 is 0.198 bits per heavy atom. The fourth-order valence-corrected chi connectivity index (χ4v) is 6.90. The van der Waals surface area contributed by atoms with Crippen molar-refractivity contribution in [1.82, 2.24) is 0 Å². The van der Waals surface area contributed by atoms with Gasteiger partial charge in [-0.25, -0.2) is 0 Å². The van der Waals surface area contributed by atoms with Crippen molar-refractivity contribution in [3.63, 3.8) is 0 Å². The maximum atomic E-state index is 13.2. The van der Waals surface area contributed by atoms with E-state index < -0.39 is 158 Å². The Hall–Kier alpha value is -10.9. The summed E-state index contributed by atoms with van der Waals surface area (Å²) < 4.78 is 83.9. The molecule has 0 saturated heterocycles. The van der Waals surface area contributed by atoms with Gasteiger partial charge in [-0.3, -0.25) is 57.5 Å². The summed E-state index contributed by atoms with van der Waals surface area (Å²) in [5.41, 5.74) is -1.15. The Bertz CT molecular complexity index is 3350. The normalized spacial score (nSPS) is 10.3. The number of esters is 12. The zero-order valence-corrected chi connectivity index (χ0v) is 44.8. The quantitative estimate of drug-likeness (QED) is 0.0561. The minimum atomic E-state index is -1.16. The molecule has 0 bridgehead atoms. The van der Waals surface area contributed by atoms with Crippen molar-refractivity contribution in [2.75, 3.05) is 0 Å². The molecular weight excluding hydrogens is 1080 g/mol. The molecule has 0 aliphatic heterocycles. The third-order valence-corrected chi connectivity index (χ3v) is 9.02. The van der Waals surface area contributed by atoms with Gasteiger partial charge in [-0.1, -0.05) is 0 Å². The van der Waals surface area contributed by atoms with Gasteiger partial charge < -0.3 is 71.1 Å². The molecule has 0 N–H and O–H groups in total. The smallest absolute Gasteiger partial charge is 0.308 e. The van der Waals surface area contributed by atoms with Crippen molar-refractivity contribution >= 4 is 71.6 Å². The fraction of sp³-hybridized carbons (Fsp3) is 0.222. The van der Waals surface area contributed by atoms with Crippen LogP contribution in [0.2, 0.25) is 0 Å². The molecule has 27 heteroatoms. The number of carbonyl (C=O) groups is 12. The minimum Gasteiger partial charge on any atom is -0.449 e. The topological polar surface area (TPSA) is 343 Å². The lowest BCUT2D eigenvalue weighted by Crippen LogP contribution is -2.13. The average Bonchev–Trinajstić information content (AvgIpc) is 3.43. The summed E-state index contributed by atoms with van der Waals surface area (Å²) in [7, 11) is 0. The lowest BCUT2D eigenvalue weighted by molar-refractivity contribution is -0.134. The van der Waals surface area contributed by atoms with Crippen molar-refractivity contribution in [2.24, 2.45) is 0 Å². The molecular formula is C54H46O27. The number of ether oxygens (including phenoxy) is 15.